The minimum Gasteiger partial charge on any atom is -0.373 e. The molecule has 0 radical (unpaired) electrons. The third-order valence-corrected chi connectivity index (χ3v) is 5.21. The highest BCUT2D eigenvalue weighted by Crippen LogP contribution is 2.33. The van der Waals surface area contributed by atoms with E-state index in [4.69, 9.17) is 10.5 Å². The second kappa shape index (κ2) is 8.14. The molecular formula is C17H32N2O2. The standard InChI is InChI=1S/C17H32N2O2/c1-3-4-5-14-6-8-15(9-7-14)17(20)19-11-16(10-18)21-12-13(19)2/h13-16H,3-12,18H2,1-2H3. The normalized spacial score (nSPS) is 34.0. The summed E-state index contributed by atoms with van der Waals surface area (Å²) in [7, 11) is 0. The highest BCUT2D eigenvalue weighted by molar-refractivity contribution is 5.79. The highest BCUT2D eigenvalue weighted by Gasteiger charge is 2.34. The molecule has 2 unspecified atom stereocenters. The van der Waals surface area contributed by atoms with Crippen molar-refractivity contribution in [3.05, 3.63) is 0 Å². The third-order valence-electron chi connectivity index (χ3n) is 5.21. The van der Waals surface area contributed by atoms with E-state index in [9.17, 15) is 4.79 Å². The lowest BCUT2D eigenvalue weighted by Gasteiger charge is -2.40. The molecule has 0 bridgehead atoms. The zero-order chi connectivity index (χ0) is 15.2. The van der Waals surface area contributed by atoms with Crippen LogP contribution in [0.15, 0.2) is 0 Å². The Balaban J connectivity index is 1.83. The molecule has 1 aliphatic heterocycles. The molecule has 1 heterocycles. The maximum absolute atomic E-state index is 12.8. The van der Waals surface area contributed by atoms with Gasteiger partial charge in [-0.2, -0.15) is 0 Å². The first-order valence-electron chi connectivity index (χ1n) is 8.77. The van der Waals surface area contributed by atoms with Gasteiger partial charge in [0.1, 0.15) is 0 Å². The Bertz CT molecular complexity index is 327. The monoisotopic (exact) mass is 296 g/mol. The van der Waals surface area contributed by atoms with Gasteiger partial charge in [0.2, 0.25) is 5.91 Å². The molecule has 1 saturated heterocycles. The van der Waals surface area contributed by atoms with Crippen molar-refractivity contribution in [3.8, 4) is 0 Å². The largest absolute Gasteiger partial charge is 0.373 e. The Hall–Kier alpha value is -0.610. The first kappa shape index (κ1) is 16.8. The Labute approximate surface area is 129 Å². The zero-order valence-electron chi connectivity index (χ0n) is 13.7. The van der Waals surface area contributed by atoms with Gasteiger partial charge in [0.05, 0.1) is 18.8 Å². The Morgan fingerprint density at radius 1 is 1.29 bits per heavy atom. The molecule has 0 aromatic carbocycles. The molecule has 2 fully saturated rings. The fourth-order valence-corrected chi connectivity index (χ4v) is 3.69. The van der Waals surface area contributed by atoms with Crippen molar-refractivity contribution < 1.29 is 9.53 Å². The Morgan fingerprint density at radius 2 is 2.00 bits per heavy atom. The number of rotatable bonds is 5. The van der Waals surface area contributed by atoms with E-state index in [0.29, 0.717) is 25.6 Å². The van der Waals surface area contributed by atoms with E-state index in [-0.39, 0.29) is 18.1 Å². The summed E-state index contributed by atoms with van der Waals surface area (Å²) in [5.74, 6) is 1.44. The predicted molar refractivity (Wildman–Crippen MR) is 84.9 cm³/mol. The van der Waals surface area contributed by atoms with E-state index in [1.54, 1.807) is 0 Å². The summed E-state index contributed by atoms with van der Waals surface area (Å²) >= 11 is 0. The average molecular weight is 296 g/mol. The molecule has 4 nitrogen and oxygen atoms in total. The summed E-state index contributed by atoms with van der Waals surface area (Å²) in [5, 5.41) is 0. The Morgan fingerprint density at radius 3 is 2.62 bits per heavy atom. The lowest BCUT2D eigenvalue weighted by atomic mass is 9.79. The molecule has 0 aromatic heterocycles. The molecule has 2 atom stereocenters. The van der Waals surface area contributed by atoms with Crippen LogP contribution in [-0.4, -0.2) is 42.6 Å². The number of amides is 1. The molecular weight excluding hydrogens is 264 g/mol. The fraction of sp³-hybridized carbons (Fsp3) is 0.941. The van der Waals surface area contributed by atoms with Crippen LogP contribution in [-0.2, 0) is 9.53 Å². The van der Waals surface area contributed by atoms with E-state index < -0.39 is 0 Å². The van der Waals surface area contributed by atoms with Gasteiger partial charge in [0, 0.05) is 19.0 Å². The molecule has 0 aromatic rings. The lowest BCUT2D eigenvalue weighted by molar-refractivity contribution is -0.149. The van der Waals surface area contributed by atoms with Gasteiger partial charge in [-0.15, -0.1) is 0 Å². The van der Waals surface area contributed by atoms with Crippen molar-refractivity contribution in [3.63, 3.8) is 0 Å². The number of hydrogen-bond donors (Lipinski definition) is 1. The van der Waals surface area contributed by atoms with Crippen LogP contribution in [0.4, 0.5) is 0 Å². The molecule has 1 amide bonds. The average Bonchev–Trinajstić information content (AvgIpc) is 2.53. The number of hydrogen-bond acceptors (Lipinski definition) is 3. The van der Waals surface area contributed by atoms with Gasteiger partial charge < -0.3 is 15.4 Å². The molecule has 2 rings (SSSR count). The van der Waals surface area contributed by atoms with Crippen molar-refractivity contribution in [2.45, 2.75) is 70.9 Å². The maximum atomic E-state index is 12.8. The summed E-state index contributed by atoms with van der Waals surface area (Å²) < 4.78 is 5.65. The van der Waals surface area contributed by atoms with Crippen LogP contribution in [0.5, 0.6) is 0 Å². The lowest BCUT2D eigenvalue weighted by Crippen LogP contribution is -2.54. The summed E-state index contributed by atoms with van der Waals surface area (Å²) in [5.41, 5.74) is 5.69. The van der Waals surface area contributed by atoms with Crippen molar-refractivity contribution in [1.82, 2.24) is 4.90 Å². The van der Waals surface area contributed by atoms with Crippen molar-refractivity contribution in [2.24, 2.45) is 17.6 Å². The number of unbranched alkanes of at least 4 members (excludes halogenated alkanes) is 1. The molecule has 0 spiro atoms. The van der Waals surface area contributed by atoms with Crippen LogP contribution in [0.1, 0.15) is 58.8 Å². The van der Waals surface area contributed by atoms with Crippen molar-refractivity contribution in [1.29, 1.82) is 0 Å². The van der Waals surface area contributed by atoms with Gasteiger partial charge in [0.25, 0.3) is 0 Å². The van der Waals surface area contributed by atoms with E-state index in [0.717, 1.165) is 18.8 Å². The van der Waals surface area contributed by atoms with Crippen LogP contribution in [0.2, 0.25) is 0 Å². The quantitative estimate of drug-likeness (QED) is 0.848. The topological polar surface area (TPSA) is 55.6 Å². The summed E-state index contributed by atoms with van der Waals surface area (Å²) in [4.78, 5) is 14.8. The van der Waals surface area contributed by atoms with E-state index >= 15 is 0 Å². The van der Waals surface area contributed by atoms with Crippen LogP contribution in [0.25, 0.3) is 0 Å². The van der Waals surface area contributed by atoms with E-state index in [1.807, 2.05) is 4.90 Å². The van der Waals surface area contributed by atoms with Crippen molar-refractivity contribution in [2.75, 3.05) is 19.7 Å². The molecule has 122 valence electrons. The highest BCUT2D eigenvalue weighted by atomic mass is 16.5. The minimum absolute atomic E-state index is 0.0195. The predicted octanol–water partition coefficient (Wildman–Crippen LogP) is 2.56. The molecule has 4 heteroatoms. The zero-order valence-corrected chi connectivity index (χ0v) is 13.7. The van der Waals surface area contributed by atoms with Crippen LogP contribution < -0.4 is 5.73 Å². The van der Waals surface area contributed by atoms with Crippen LogP contribution in [0, 0.1) is 11.8 Å². The first-order valence-corrected chi connectivity index (χ1v) is 8.77. The third kappa shape index (κ3) is 4.43. The molecule has 2 aliphatic rings. The van der Waals surface area contributed by atoms with Gasteiger partial charge in [-0.1, -0.05) is 26.2 Å². The molecule has 1 aliphatic carbocycles. The summed E-state index contributed by atoms with van der Waals surface area (Å²) in [6.07, 6.45) is 8.60. The summed E-state index contributed by atoms with van der Waals surface area (Å²) in [6, 6.07) is 0.193. The van der Waals surface area contributed by atoms with Crippen LogP contribution in [0.3, 0.4) is 0 Å². The van der Waals surface area contributed by atoms with E-state index in [2.05, 4.69) is 13.8 Å². The number of carbonyl (C=O) groups excluding carboxylic acids is 1. The van der Waals surface area contributed by atoms with Crippen LogP contribution >= 0.6 is 0 Å². The number of nitrogens with zero attached hydrogens (tertiary/aromatic N) is 1. The SMILES string of the molecule is CCCCC1CCC(C(=O)N2CC(CN)OCC2C)CC1. The molecule has 1 saturated carbocycles. The second-order valence-electron chi connectivity index (χ2n) is 6.89. The second-order valence-corrected chi connectivity index (χ2v) is 6.89. The Kier molecular flexibility index (Phi) is 6.49. The van der Waals surface area contributed by atoms with Gasteiger partial charge in [-0.25, -0.2) is 0 Å². The van der Waals surface area contributed by atoms with Gasteiger partial charge >= 0.3 is 0 Å². The minimum atomic E-state index is 0.0195. The van der Waals surface area contributed by atoms with Gasteiger partial charge in [-0.3, -0.25) is 4.79 Å². The van der Waals surface area contributed by atoms with E-state index in [1.165, 1.54) is 32.1 Å². The number of nitrogens with two attached hydrogens (primary N) is 1. The molecule has 2 N–H and O–H groups in total. The number of carbonyl (C=O) groups is 1. The number of morpholine rings is 1. The smallest absolute Gasteiger partial charge is 0.226 e. The first-order chi connectivity index (χ1) is 10.2. The molecule has 21 heavy (non-hydrogen) atoms. The van der Waals surface area contributed by atoms with Gasteiger partial charge in [0.15, 0.2) is 0 Å². The fourth-order valence-electron chi connectivity index (χ4n) is 3.69. The van der Waals surface area contributed by atoms with Gasteiger partial charge in [-0.05, 0) is 38.5 Å². The maximum Gasteiger partial charge on any atom is 0.226 e. The van der Waals surface area contributed by atoms with Crippen molar-refractivity contribution >= 4 is 5.91 Å². The summed E-state index contributed by atoms with van der Waals surface area (Å²) in [6.45, 7) is 6.13. The number of ether oxygens (including phenoxy) is 1.